The highest BCUT2D eigenvalue weighted by atomic mass is 35.5. The Kier molecular flexibility index (Phi) is 8.39. The zero-order chi connectivity index (χ0) is 17.6. The zero-order valence-electron chi connectivity index (χ0n) is 15.4. The zero-order valence-corrected chi connectivity index (χ0v) is 16.2. The van der Waals surface area contributed by atoms with Crippen LogP contribution in [-0.4, -0.2) is 30.4 Å². The van der Waals surface area contributed by atoms with Crippen LogP contribution < -0.4 is 16.0 Å². The number of rotatable bonds is 5. The molecule has 1 fully saturated rings. The minimum Gasteiger partial charge on any atom is -0.347 e. The Balaban J connectivity index is 0.00000312. The summed E-state index contributed by atoms with van der Waals surface area (Å²) in [6, 6.07) is 7.03. The van der Waals surface area contributed by atoms with Gasteiger partial charge in [-0.2, -0.15) is 0 Å². The monoisotopic (exact) mass is 367 g/mol. The summed E-state index contributed by atoms with van der Waals surface area (Å²) in [5.74, 6) is 0.590. The molecule has 0 atom stereocenters. The van der Waals surface area contributed by atoms with Crippen molar-refractivity contribution in [2.45, 2.75) is 52.0 Å². The predicted octanol–water partition coefficient (Wildman–Crippen LogP) is 3.36. The summed E-state index contributed by atoms with van der Waals surface area (Å²) in [6.45, 7) is 7.96. The molecule has 25 heavy (non-hydrogen) atoms. The van der Waals surface area contributed by atoms with Crippen molar-refractivity contribution in [1.29, 1.82) is 0 Å². The molecule has 0 spiro atoms. The SMILES string of the molecule is CC(C)(C)NC(=O)c1ccc(NC(=O)CCC2CCNCC2)cc1.Cl. The van der Waals surface area contributed by atoms with E-state index in [9.17, 15) is 9.59 Å². The summed E-state index contributed by atoms with van der Waals surface area (Å²) in [5.41, 5.74) is 1.06. The molecule has 1 aliphatic rings. The van der Waals surface area contributed by atoms with Crippen LogP contribution in [0.25, 0.3) is 0 Å². The third-order valence-electron chi connectivity index (χ3n) is 4.16. The summed E-state index contributed by atoms with van der Waals surface area (Å²) in [6.07, 6.45) is 3.81. The number of carbonyl (C=O) groups excluding carboxylic acids is 2. The Morgan fingerprint density at radius 1 is 1.12 bits per heavy atom. The molecular formula is C19H30ClN3O2. The maximum Gasteiger partial charge on any atom is 0.251 e. The second kappa shape index (κ2) is 9.78. The van der Waals surface area contributed by atoms with E-state index < -0.39 is 0 Å². The number of carbonyl (C=O) groups is 2. The van der Waals surface area contributed by atoms with Gasteiger partial charge in [-0.25, -0.2) is 0 Å². The highest BCUT2D eigenvalue weighted by Crippen LogP contribution is 2.18. The smallest absolute Gasteiger partial charge is 0.251 e. The molecule has 1 aliphatic heterocycles. The molecule has 0 aliphatic carbocycles. The van der Waals surface area contributed by atoms with Crippen molar-refractivity contribution in [3.63, 3.8) is 0 Å². The number of halogens is 1. The van der Waals surface area contributed by atoms with E-state index in [-0.39, 0.29) is 29.8 Å². The Morgan fingerprint density at radius 3 is 2.28 bits per heavy atom. The van der Waals surface area contributed by atoms with Crippen LogP contribution in [0.2, 0.25) is 0 Å². The lowest BCUT2D eigenvalue weighted by Gasteiger charge is -2.22. The van der Waals surface area contributed by atoms with E-state index in [4.69, 9.17) is 0 Å². The van der Waals surface area contributed by atoms with Crippen LogP contribution in [0.4, 0.5) is 5.69 Å². The minimum atomic E-state index is -0.265. The van der Waals surface area contributed by atoms with E-state index in [1.54, 1.807) is 24.3 Å². The van der Waals surface area contributed by atoms with E-state index in [0.29, 0.717) is 17.9 Å². The van der Waals surface area contributed by atoms with Crippen LogP contribution in [0, 0.1) is 5.92 Å². The second-order valence-electron chi connectivity index (χ2n) is 7.56. The lowest BCUT2D eigenvalue weighted by Crippen LogP contribution is -2.40. The van der Waals surface area contributed by atoms with Gasteiger partial charge in [-0.05, 0) is 83.3 Å². The molecule has 2 rings (SSSR count). The lowest BCUT2D eigenvalue weighted by molar-refractivity contribution is -0.116. The average Bonchev–Trinajstić information content (AvgIpc) is 2.53. The van der Waals surface area contributed by atoms with Gasteiger partial charge in [0.05, 0.1) is 0 Å². The fourth-order valence-electron chi connectivity index (χ4n) is 2.85. The molecule has 6 heteroatoms. The van der Waals surface area contributed by atoms with Gasteiger partial charge in [-0.3, -0.25) is 9.59 Å². The molecule has 0 unspecified atom stereocenters. The maximum absolute atomic E-state index is 12.1. The van der Waals surface area contributed by atoms with Crippen LogP contribution in [0.5, 0.6) is 0 Å². The number of anilines is 1. The first-order chi connectivity index (χ1) is 11.3. The van der Waals surface area contributed by atoms with Crippen LogP contribution in [0.15, 0.2) is 24.3 Å². The van der Waals surface area contributed by atoms with Gasteiger partial charge in [0.2, 0.25) is 5.91 Å². The van der Waals surface area contributed by atoms with Gasteiger partial charge in [0.25, 0.3) is 5.91 Å². The summed E-state index contributed by atoms with van der Waals surface area (Å²) in [7, 11) is 0. The van der Waals surface area contributed by atoms with Gasteiger partial charge in [0.1, 0.15) is 0 Å². The van der Waals surface area contributed by atoms with Crippen molar-refractivity contribution in [2.24, 2.45) is 5.92 Å². The maximum atomic E-state index is 12.1. The van der Waals surface area contributed by atoms with E-state index in [2.05, 4.69) is 16.0 Å². The molecule has 1 aromatic rings. The summed E-state index contributed by atoms with van der Waals surface area (Å²) in [5, 5.41) is 9.17. The number of nitrogens with one attached hydrogen (secondary N) is 3. The topological polar surface area (TPSA) is 70.2 Å². The summed E-state index contributed by atoms with van der Waals surface area (Å²) >= 11 is 0. The van der Waals surface area contributed by atoms with Crippen LogP contribution in [0.3, 0.4) is 0 Å². The number of benzene rings is 1. The summed E-state index contributed by atoms with van der Waals surface area (Å²) in [4.78, 5) is 24.1. The molecule has 0 aromatic heterocycles. The van der Waals surface area contributed by atoms with Crippen LogP contribution >= 0.6 is 12.4 Å². The number of hydrogen-bond donors (Lipinski definition) is 3. The largest absolute Gasteiger partial charge is 0.347 e. The Labute approximate surface area is 156 Å². The van der Waals surface area contributed by atoms with E-state index in [1.807, 2.05) is 20.8 Å². The van der Waals surface area contributed by atoms with Gasteiger partial charge in [-0.1, -0.05) is 0 Å². The third-order valence-corrected chi connectivity index (χ3v) is 4.16. The standard InChI is InChI=1S/C19H29N3O2.ClH/c1-19(2,3)22-18(24)15-5-7-16(8-6-15)21-17(23)9-4-14-10-12-20-13-11-14;/h5-8,14,20H,4,9-13H2,1-3H3,(H,21,23)(H,22,24);1H. The quantitative estimate of drug-likeness (QED) is 0.747. The van der Waals surface area contributed by atoms with Gasteiger partial charge in [0.15, 0.2) is 0 Å². The van der Waals surface area contributed by atoms with Gasteiger partial charge in [0, 0.05) is 23.2 Å². The predicted molar refractivity (Wildman–Crippen MR) is 104 cm³/mol. The molecule has 140 valence electrons. The second-order valence-corrected chi connectivity index (χ2v) is 7.56. The van der Waals surface area contributed by atoms with Crippen molar-refractivity contribution in [3.8, 4) is 0 Å². The molecule has 2 amide bonds. The molecule has 1 saturated heterocycles. The average molecular weight is 368 g/mol. The molecule has 1 aromatic carbocycles. The Bertz CT molecular complexity index is 561. The van der Waals surface area contributed by atoms with Crippen molar-refractivity contribution < 1.29 is 9.59 Å². The molecule has 0 saturated carbocycles. The van der Waals surface area contributed by atoms with E-state index in [0.717, 1.165) is 38.0 Å². The Hall–Kier alpha value is -1.59. The summed E-state index contributed by atoms with van der Waals surface area (Å²) < 4.78 is 0. The Morgan fingerprint density at radius 2 is 1.72 bits per heavy atom. The minimum absolute atomic E-state index is 0. The van der Waals surface area contributed by atoms with Crippen molar-refractivity contribution >= 4 is 29.9 Å². The lowest BCUT2D eigenvalue weighted by atomic mass is 9.93. The van der Waals surface area contributed by atoms with Crippen molar-refractivity contribution in [2.75, 3.05) is 18.4 Å². The fraction of sp³-hybridized carbons (Fsp3) is 0.579. The number of piperidine rings is 1. The highest BCUT2D eigenvalue weighted by Gasteiger charge is 2.16. The van der Waals surface area contributed by atoms with Crippen molar-refractivity contribution in [1.82, 2.24) is 10.6 Å². The van der Waals surface area contributed by atoms with Gasteiger partial charge < -0.3 is 16.0 Å². The van der Waals surface area contributed by atoms with Crippen LogP contribution in [0.1, 0.15) is 56.8 Å². The molecule has 5 nitrogen and oxygen atoms in total. The van der Waals surface area contributed by atoms with Gasteiger partial charge in [-0.15, -0.1) is 12.4 Å². The van der Waals surface area contributed by atoms with E-state index >= 15 is 0 Å². The molecule has 0 bridgehead atoms. The third kappa shape index (κ3) is 7.88. The normalized spacial score (nSPS) is 15.2. The van der Waals surface area contributed by atoms with Crippen molar-refractivity contribution in [3.05, 3.63) is 29.8 Å². The first kappa shape index (κ1) is 21.5. The first-order valence-electron chi connectivity index (χ1n) is 8.77. The first-order valence-corrected chi connectivity index (χ1v) is 8.77. The molecule has 3 N–H and O–H groups in total. The number of hydrogen-bond acceptors (Lipinski definition) is 3. The molecule has 0 radical (unpaired) electrons. The number of amides is 2. The van der Waals surface area contributed by atoms with Gasteiger partial charge >= 0.3 is 0 Å². The highest BCUT2D eigenvalue weighted by molar-refractivity contribution is 5.96. The van der Waals surface area contributed by atoms with E-state index in [1.165, 1.54) is 0 Å². The molecule has 1 heterocycles. The fourth-order valence-corrected chi connectivity index (χ4v) is 2.85. The van der Waals surface area contributed by atoms with Crippen LogP contribution in [-0.2, 0) is 4.79 Å². The molecular weight excluding hydrogens is 338 g/mol.